The Morgan fingerprint density at radius 1 is 1.36 bits per heavy atom. The summed E-state index contributed by atoms with van der Waals surface area (Å²) < 4.78 is 0. The van der Waals surface area contributed by atoms with Gasteiger partial charge in [0.05, 0.1) is 13.2 Å². The number of anilines is 1. The molecule has 0 aliphatic rings. The number of aliphatic hydroxyl groups excluding tert-OH is 2. The van der Waals surface area contributed by atoms with Gasteiger partial charge in [-0.1, -0.05) is 0 Å². The number of hydrogen-bond donors (Lipinski definition) is 4. The monoisotopic (exact) mass is 305 g/mol. The van der Waals surface area contributed by atoms with Crippen molar-refractivity contribution in [1.82, 2.24) is 4.90 Å². The highest BCUT2D eigenvalue weighted by Crippen LogP contribution is 2.20. The molecule has 0 bridgehead atoms. The summed E-state index contributed by atoms with van der Waals surface area (Å²) in [6.45, 7) is 1.34. The van der Waals surface area contributed by atoms with E-state index >= 15 is 0 Å². The molecule has 1 amide bonds. The second-order valence-electron chi connectivity index (χ2n) is 4.55. The molecule has 0 unspecified atom stereocenters. The van der Waals surface area contributed by atoms with E-state index in [1.165, 1.54) is 17.2 Å². The number of hydrogen-bond acceptors (Lipinski definition) is 6. The highest BCUT2D eigenvalue weighted by atomic mass is 16.3. The van der Waals surface area contributed by atoms with Gasteiger partial charge in [-0.15, -0.1) is 0 Å². The van der Waals surface area contributed by atoms with Gasteiger partial charge in [0.15, 0.2) is 0 Å². The molecule has 0 radical (unpaired) electrons. The Labute approximate surface area is 128 Å². The molecule has 22 heavy (non-hydrogen) atoms. The molecule has 0 aromatic heterocycles. The van der Waals surface area contributed by atoms with Crippen LogP contribution in [0.1, 0.15) is 5.56 Å². The maximum Gasteiger partial charge on any atom is 0.266 e. The molecule has 0 saturated carbocycles. The Morgan fingerprint density at radius 3 is 2.50 bits per heavy atom. The molecule has 1 aromatic rings. The first-order valence-electron chi connectivity index (χ1n) is 6.71. The number of phenols is 1. The molecular weight excluding hydrogens is 286 g/mol. The minimum Gasteiger partial charge on any atom is -0.508 e. The predicted octanol–water partition coefficient (Wildman–Crippen LogP) is 0.333. The van der Waals surface area contributed by atoms with E-state index in [0.29, 0.717) is 5.69 Å². The quantitative estimate of drug-likeness (QED) is 0.328. The van der Waals surface area contributed by atoms with Crippen molar-refractivity contribution in [1.29, 1.82) is 5.26 Å². The van der Waals surface area contributed by atoms with Crippen LogP contribution in [0, 0.1) is 18.3 Å². The third-order valence-electron chi connectivity index (χ3n) is 2.96. The van der Waals surface area contributed by atoms with Crippen molar-refractivity contribution >= 4 is 11.6 Å². The van der Waals surface area contributed by atoms with Crippen LogP contribution in [0.5, 0.6) is 5.75 Å². The number of carbonyl (C=O) groups excluding carboxylic acids is 1. The molecule has 1 rings (SSSR count). The lowest BCUT2D eigenvalue weighted by Crippen LogP contribution is -2.36. The zero-order valence-electron chi connectivity index (χ0n) is 12.3. The van der Waals surface area contributed by atoms with Crippen molar-refractivity contribution in [3.63, 3.8) is 0 Å². The van der Waals surface area contributed by atoms with Gasteiger partial charge in [-0.2, -0.15) is 5.26 Å². The summed E-state index contributed by atoms with van der Waals surface area (Å²) in [6.07, 6.45) is 1.27. The molecule has 0 atom stereocenters. The second kappa shape index (κ2) is 8.67. The van der Waals surface area contributed by atoms with Crippen LogP contribution in [0.25, 0.3) is 0 Å². The fourth-order valence-electron chi connectivity index (χ4n) is 1.83. The van der Waals surface area contributed by atoms with Gasteiger partial charge in [0.25, 0.3) is 5.91 Å². The van der Waals surface area contributed by atoms with Gasteiger partial charge in [-0.05, 0) is 30.7 Å². The van der Waals surface area contributed by atoms with Gasteiger partial charge in [0, 0.05) is 25.0 Å². The maximum atomic E-state index is 12.1. The summed E-state index contributed by atoms with van der Waals surface area (Å²) in [5, 5.41) is 39.1. The summed E-state index contributed by atoms with van der Waals surface area (Å²) >= 11 is 0. The van der Waals surface area contributed by atoms with Crippen LogP contribution in [0.2, 0.25) is 0 Å². The molecule has 1 aromatic carbocycles. The van der Waals surface area contributed by atoms with E-state index in [-0.39, 0.29) is 37.6 Å². The summed E-state index contributed by atoms with van der Waals surface area (Å²) in [6, 6.07) is 6.46. The predicted molar refractivity (Wildman–Crippen MR) is 80.9 cm³/mol. The van der Waals surface area contributed by atoms with E-state index in [1.54, 1.807) is 25.1 Å². The van der Waals surface area contributed by atoms with Crippen molar-refractivity contribution in [2.45, 2.75) is 6.92 Å². The van der Waals surface area contributed by atoms with Crippen LogP contribution in [-0.2, 0) is 4.79 Å². The highest BCUT2D eigenvalue weighted by molar-refractivity contribution is 5.97. The number of aromatic hydroxyl groups is 1. The number of amides is 1. The maximum absolute atomic E-state index is 12.1. The number of aliphatic hydroxyl groups is 2. The van der Waals surface area contributed by atoms with E-state index < -0.39 is 5.91 Å². The van der Waals surface area contributed by atoms with Gasteiger partial charge < -0.3 is 25.5 Å². The van der Waals surface area contributed by atoms with Crippen molar-refractivity contribution in [2.75, 3.05) is 31.6 Å². The summed E-state index contributed by atoms with van der Waals surface area (Å²) in [4.78, 5) is 13.3. The Balaban J connectivity index is 2.89. The molecule has 0 aliphatic heterocycles. The number of nitriles is 1. The average Bonchev–Trinajstić information content (AvgIpc) is 2.49. The van der Waals surface area contributed by atoms with Gasteiger partial charge >= 0.3 is 0 Å². The average molecular weight is 305 g/mol. The molecule has 7 heteroatoms. The number of phenolic OH excluding ortho intramolecular Hbond substituents is 1. The summed E-state index contributed by atoms with van der Waals surface area (Å²) in [5.74, 6) is -0.449. The lowest BCUT2D eigenvalue weighted by atomic mass is 10.2. The van der Waals surface area contributed by atoms with Crippen molar-refractivity contribution in [3.05, 3.63) is 35.5 Å². The molecule has 4 N–H and O–H groups in total. The summed E-state index contributed by atoms with van der Waals surface area (Å²) in [5.41, 5.74) is 1.26. The third-order valence-corrected chi connectivity index (χ3v) is 2.96. The minimum atomic E-state index is -0.575. The Morgan fingerprint density at radius 2 is 2.00 bits per heavy atom. The standard InChI is InChI=1S/C15H19N3O4/c1-11-8-13(21)2-3-14(11)17-10-12(9-16)15(22)18(4-6-19)5-7-20/h2-3,8,10,17,19-21H,4-7H2,1H3/b12-10-. The topological polar surface area (TPSA) is 117 Å². The van der Waals surface area contributed by atoms with Gasteiger partial charge in [-0.3, -0.25) is 4.79 Å². The number of aryl methyl sites for hydroxylation is 1. The normalized spacial score (nSPS) is 10.9. The van der Waals surface area contributed by atoms with Gasteiger partial charge in [0.2, 0.25) is 0 Å². The fourth-order valence-corrected chi connectivity index (χ4v) is 1.83. The molecule has 7 nitrogen and oxygen atoms in total. The first-order chi connectivity index (χ1) is 10.5. The second-order valence-corrected chi connectivity index (χ2v) is 4.55. The molecule has 0 saturated heterocycles. The number of benzene rings is 1. The Bertz CT molecular complexity index is 587. The van der Waals surface area contributed by atoms with E-state index in [0.717, 1.165) is 5.56 Å². The van der Waals surface area contributed by atoms with Gasteiger partial charge in [0.1, 0.15) is 17.4 Å². The van der Waals surface area contributed by atoms with Crippen LogP contribution < -0.4 is 5.32 Å². The molecular formula is C15H19N3O4. The Hall–Kier alpha value is -2.56. The minimum absolute atomic E-state index is 0.0383. The SMILES string of the molecule is Cc1cc(O)ccc1N/C=C(/C#N)C(=O)N(CCO)CCO. The zero-order valence-corrected chi connectivity index (χ0v) is 12.3. The lowest BCUT2D eigenvalue weighted by molar-refractivity contribution is -0.127. The highest BCUT2D eigenvalue weighted by Gasteiger charge is 2.17. The van der Waals surface area contributed by atoms with Gasteiger partial charge in [-0.25, -0.2) is 0 Å². The number of carbonyl (C=O) groups is 1. The van der Waals surface area contributed by atoms with E-state index in [9.17, 15) is 9.90 Å². The first-order valence-corrected chi connectivity index (χ1v) is 6.71. The van der Waals surface area contributed by atoms with Crippen molar-refractivity contribution in [3.8, 4) is 11.8 Å². The molecule has 118 valence electrons. The van der Waals surface area contributed by atoms with E-state index in [2.05, 4.69) is 5.32 Å². The van der Waals surface area contributed by atoms with E-state index in [1.807, 2.05) is 0 Å². The molecule has 0 aliphatic carbocycles. The third kappa shape index (κ3) is 4.77. The zero-order chi connectivity index (χ0) is 16.5. The largest absolute Gasteiger partial charge is 0.508 e. The first kappa shape index (κ1) is 17.5. The molecule has 0 spiro atoms. The van der Waals surface area contributed by atoms with Crippen LogP contribution >= 0.6 is 0 Å². The lowest BCUT2D eigenvalue weighted by Gasteiger charge is -2.20. The smallest absolute Gasteiger partial charge is 0.266 e. The van der Waals surface area contributed by atoms with Crippen LogP contribution in [-0.4, -0.2) is 52.4 Å². The van der Waals surface area contributed by atoms with Crippen molar-refractivity contribution < 1.29 is 20.1 Å². The van der Waals surface area contributed by atoms with Crippen LogP contribution in [0.3, 0.4) is 0 Å². The van der Waals surface area contributed by atoms with Crippen LogP contribution in [0.15, 0.2) is 30.0 Å². The number of nitrogens with zero attached hydrogens (tertiary/aromatic N) is 2. The fraction of sp³-hybridized carbons (Fsp3) is 0.333. The van der Waals surface area contributed by atoms with Crippen molar-refractivity contribution in [2.24, 2.45) is 0 Å². The number of nitrogens with one attached hydrogen (secondary N) is 1. The number of rotatable bonds is 7. The molecule has 0 heterocycles. The van der Waals surface area contributed by atoms with E-state index in [4.69, 9.17) is 15.5 Å². The Kier molecular flexibility index (Phi) is 6.89. The van der Waals surface area contributed by atoms with Crippen LogP contribution in [0.4, 0.5) is 5.69 Å². The molecule has 0 fully saturated rings. The summed E-state index contributed by atoms with van der Waals surface area (Å²) in [7, 11) is 0.